The van der Waals surface area contributed by atoms with Crippen molar-refractivity contribution in [2.45, 2.75) is 76.2 Å². The second kappa shape index (κ2) is 8.52. The minimum atomic E-state index is -2.72. The quantitative estimate of drug-likeness (QED) is 0.393. The Hall–Kier alpha value is -2.12. The lowest BCUT2D eigenvalue weighted by Crippen LogP contribution is -2.65. The topological polar surface area (TPSA) is 116 Å². The van der Waals surface area contributed by atoms with Crippen LogP contribution in [0, 0.1) is 0 Å². The number of nitrogens with one attached hydrogen (secondary N) is 1. The second-order valence-corrected chi connectivity index (χ2v) is 16.0. The number of aliphatic imine (C=N–C) groups is 1. The molecular weight excluding hydrogens is 456 g/mol. The minimum absolute atomic E-state index is 0.164. The first-order valence-corrected chi connectivity index (χ1v) is 13.3. The fourth-order valence-electron chi connectivity index (χ4n) is 5.13. The van der Waals surface area contributed by atoms with Crippen LogP contribution >= 0.6 is 0 Å². The van der Waals surface area contributed by atoms with Gasteiger partial charge in [0.05, 0.1) is 19.3 Å². The molecule has 0 radical (unpaired) electrons. The van der Waals surface area contributed by atoms with Gasteiger partial charge in [0.1, 0.15) is 18.3 Å². The Labute approximate surface area is 200 Å². The molecule has 11 nitrogen and oxygen atoms in total. The molecule has 4 atom stereocenters. The molecule has 12 heteroatoms. The summed E-state index contributed by atoms with van der Waals surface area (Å²) in [7, 11) is 2.60. The molecule has 0 aromatic carbocycles. The third kappa shape index (κ3) is 4.00. The number of hydrogen-bond donors (Lipinski definition) is 1. The lowest BCUT2D eigenvalue weighted by Gasteiger charge is -2.53. The maximum absolute atomic E-state index is 12.6. The molecule has 0 spiro atoms. The molecule has 2 aliphatic heterocycles. The normalized spacial score (nSPS) is 27.4. The van der Waals surface area contributed by atoms with Crippen LogP contribution in [0.3, 0.4) is 0 Å². The molecule has 0 bridgehead atoms. The summed E-state index contributed by atoms with van der Waals surface area (Å²) in [5, 5.41) is -0.328. The highest BCUT2D eigenvalue weighted by Gasteiger charge is 2.65. The van der Waals surface area contributed by atoms with E-state index in [0.717, 1.165) is 0 Å². The van der Waals surface area contributed by atoms with Crippen molar-refractivity contribution in [1.82, 2.24) is 24.4 Å². The summed E-state index contributed by atoms with van der Waals surface area (Å²) >= 11 is 0. The highest BCUT2D eigenvalue weighted by Crippen LogP contribution is 2.56. The summed E-state index contributed by atoms with van der Waals surface area (Å²) in [6.07, 6.45) is 1.47. The molecule has 4 rings (SSSR count). The van der Waals surface area contributed by atoms with Crippen LogP contribution in [0.4, 0.5) is 5.95 Å². The molecule has 0 aliphatic carbocycles. The molecule has 0 amide bonds. The third-order valence-corrected chi connectivity index (χ3v) is 11.5. The molecule has 1 N–H and O–H groups in total. The van der Waals surface area contributed by atoms with E-state index in [1.54, 1.807) is 29.2 Å². The molecule has 188 valence electrons. The van der Waals surface area contributed by atoms with Gasteiger partial charge < -0.3 is 23.2 Å². The summed E-state index contributed by atoms with van der Waals surface area (Å²) in [5.74, 6) is 0.184. The van der Waals surface area contributed by atoms with Crippen LogP contribution in [0.25, 0.3) is 11.2 Å². The predicted octanol–water partition coefficient (Wildman–Crippen LogP) is 2.71. The summed E-state index contributed by atoms with van der Waals surface area (Å²) < 4.78 is 27.5. The minimum Gasteiger partial charge on any atom is -0.391 e. The van der Waals surface area contributed by atoms with Gasteiger partial charge in [0.2, 0.25) is 5.95 Å². The summed E-state index contributed by atoms with van der Waals surface area (Å²) in [6.45, 7) is 13.5. The van der Waals surface area contributed by atoms with Crippen molar-refractivity contribution in [3.05, 3.63) is 16.7 Å². The number of H-pyrrole nitrogens is 1. The SMILES string of the molecule is CO[C@@H]1[C@@H]2O[Si](C(C)(C)C)(C(C)(C)C)OC[C@H]2O[C@H]1n1cnc2c(=O)[nH]c(/N=C/N(C)C)nc21. The number of nitrogens with zero attached hydrogens (tertiary/aromatic N) is 5. The van der Waals surface area contributed by atoms with E-state index in [9.17, 15) is 4.79 Å². The number of ether oxygens (including phenoxy) is 2. The lowest BCUT2D eigenvalue weighted by atomic mass is 10.1. The van der Waals surface area contributed by atoms with E-state index in [1.165, 1.54) is 0 Å². The van der Waals surface area contributed by atoms with Gasteiger partial charge in [-0.05, 0) is 0 Å². The first kappa shape index (κ1) is 25.0. The first-order chi connectivity index (χ1) is 15.8. The molecule has 2 saturated heterocycles. The van der Waals surface area contributed by atoms with Crippen LogP contribution in [0.2, 0.25) is 10.1 Å². The number of imidazole rings is 1. The number of fused-ring (bicyclic) bond motifs is 2. The van der Waals surface area contributed by atoms with Crippen LogP contribution < -0.4 is 5.56 Å². The Morgan fingerprint density at radius 1 is 1.26 bits per heavy atom. The van der Waals surface area contributed by atoms with Gasteiger partial charge in [-0.15, -0.1) is 0 Å². The Morgan fingerprint density at radius 2 is 1.94 bits per heavy atom. The van der Waals surface area contributed by atoms with Crippen LogP contribution in [0.5, 0.6) is 0 Å². The van der Waals surface area contributed by atoms with E-state index in [4.69, 9.17) is 18.3 Å². The maximum atomic E-state index is 12.6. The predicted molar refractivity (Wildman–Crippen MR) is 131 cm³/mol. The van der Waals surface area contributed by atoms with Crippen molar-refractivity contribution in [3.63, 3.8) is 0 Å². The Kier molecular flexibility index (Phi) is 6.26. The fraction of sp³-hybridized carbons (Fsp3) is 0.727. The Balaban J connectivity index is 1.73. The largest absolute Gasteiger partial charge is 0.391 e. The van der Waals surface area contributed by atoms with Crippen molar-refractivity contribution in [3.8, 4) is 0 Å². The van der Waals surface area contributed by atoms with Crippen molar-refractivity contribution in [2.24, 2.45) is 4.99 Å². The number of aromatic nitrogens is 4. The van der Waals surface area contributed by atoms with Gasteiger partial charge in [0.25, 0.3) is 5.56 Å². The van der Waals surface area contributed by atoms with Gasteiger partial charge in [-0.25, -0.2) is 9.98 Å². The summed E-state index contributed by atoms with van der Waals surface area (Å²) in [6, 6.07) is 0. The van der Waals surface area contributed by atoms with Gasteiger partial charge in [-0.1, -0.05) is 41.5 Å². The van der Waals surface area contributed by atoms with E-state index >= 15 is 0 Å². The molecular formula is C22H36N6O5Si. The van der Waals surface area contributed by atoms with Gasteiger partial charge in [0.15, 0.2) is 17.4 Å². The van der Waals surface area contributed by atoms with Crippen molar-refractivity contribution >= 4 is 32.0 Å². The van der Waals surface area contributed by atoms with Gasteiger partial charge in [-0.3, -0.25) is 14.3 Å². The van der Waals surface area contributed by atoms with Crippen molar-refractivity contribution < 1.29 is 18.3 Å². The zero-order valence-corrected chi connectivity index (χ0v) is 22.4. The molecule has 4 heterocycles. The zero-order chi connectivity index (χ0) is 25.1. The van der Waals surface area contributed by atoms with E-state index in [0.29, 0.717) is 12.3 Å². The second-order valence-electron chi connectivity index (χ2n) is 11.2. The number of hydrogen-bond acceptors (Lipinski definition) is 8. The summed E-state index contributed by atoms with van der Waals surface area (Å²) in [5.41, 5.74) is 0.212. The fourth-order valence-corrected chi connectivity index (χ4v) is 10.1. The highest BCUT2D eigenvalue weighted by molar-refractivity contribution is 6.73. The van der Waals surface area contributed by atoms with Gasteiger partial charge >= 0.3 is 8.56 Å². The molecule has 0 saturated carbocycles. The molecule has 0 unspecified atom stereocenters. The van der Waals surface area contributed by atoms with Crippen molar-refractivity contribution in [1.29, 1.82) is 0 Å². The molecule has 2 aromatic heterocycles. The average molecular weight is 493 g/mol. The number of aromatic amines is 1. The van der Waals surface area contributed by atoms with E-state index < -0.39 is 20.9 Å². The van der Waals surface area contributed by atoms with E-state index in [2.05, 4.69) is 61.5 Å². The Morgan fingerprint density at radius 3 is 2.53 bits per heavy atom. The summed E-state index contributed by atoms with van der Waals surface area (Å²) in [4.78, 5) is 30.1. The van der Waals surface area contributed by atoms with Crippen LogP contribution in [0.1, 0.15) is 47.8 Å². The number of methoxy groups -OCH3 is 1. The standard InChI is InChI=1S/C22H36N6O5Si/c1-21(2,3)34(22(4,5)6)31-10-13-15(33-34)16(30-9)19(32-13)28-12-23-14-17(28)25-20(26-18(14)29)24-11-27(7)8/h11-13,15-16,19H,10H2,1-9H3,(H,25,26,29)/b24-11+/t13-,15-,16-,19-/m1/s1. The van der Waals surface area contributed by atoms with Crippen LogP contribution in [-0.2, 0) is 18.3 Å². The van der Waals surface area contributed by atoms with Gasteiger partial charge in [0, 0.05) is 31.3 Å². The monoisotopic (exact) mass is 492 g/mol. The Bertz CT molecular complexity index is 1120. The highest BCUT2D eigenvalue weighted by atomic mass is 28.4. The maximum Gasteiger partial charge on any atom is 0.349 e. The number of rotatable bonds is 4. The van der Waals surface area contributed by atoms with Crippen LogP contribution in [-0.4, -0.2) is 85.4 Å². The molecule has 2 aromatic rings. The molecule has 2 fully saturated rings. The zero-order valence-electron chi connectivity index (χ0n) is 21.4. The molecule has 34 heavy (non-hydrogen) atoms. The first-order valence-electron chi connectivity index (χ1n) is 11.5. The smallest absolute Gasteiger partial charge is 0.349 e. The van der Waals surface area contributed by atoms with Crippen LogP contribution in [0.15, 0.2) is 16.1 Å². The third-order valence-electron chi connectivity index (χ3n) is 6.39. The van der Waals surface area contributed by atoms with Gasteiger partial charge in [-0.2, -0.15) is 4.98 Å². The average Bonchev–Trinajstić information content (AvgIpc) is 3.30. The van der Waals surface area contributed by atoms with E-state index in [-0.39, 0.29) is 39.3 Å². The molecule has 2 aliphatic rings. The van der Waals surface area contributed by atoms with E-state index in [1.807, 2.05) is 14.1 Å². The van der Waals surface area contributed by atoms with Crippen molar-refractivity contribution in [2.75, 3.05) is 27.8 Å². The lowest BCUT2D eigenvalue weighted by molar-refractivity contribution is -0.0797.